The maximum Gasteiger partial charge on any atom is 0.268 e. The van der Waals surface area contributed by atoms with Crippen molar-refractivity contribution in [2.45, 2.75) is 26.3 Å². The Labute approximate surface area is 175 Å². The lowest BCUT2D eigenvalue weighted by atomic mass is 9.96. The summed E-state index contributed by atoms with van der Waals surface area (Å²) in [5.41, 5.74) is 1.23. The Balaban J connectivity index is 1.55. The quantitative estimate of drug-likeness (QED) is 0.653. The average molecular weight is 406 g/mol. The highest BCUT2D eigenvalue weighted by molar-refractivity contribution is 5.95. The van der Waals surface area contributed by atoms with E-state index in [2.05, 4.69) is 9.55 Å². The molecule has 0 aliphatic carbocycles. The molecule has 0 radical (unpaired) electrons. The van der Waals surface area contributed by atoms with Gasteiger partial charge in [-0.05, 0) is 49.4 Å². The van der Waals surface area contributed by atoms with Gasteiger partial charge in [0, 0.05) is 38.2 Å². The summed E-state index contributed by atoms with van der Waals surface area (Å²) in [4.78, 5) is 32.4. The van der Waals surface area contributed by atoms with E-state index in [0.29, 0.717) is 36.0 Å². The van der Waals surface area contributed by atoms with Crippen LogP contribution in [0.25, 0.3) is 5.69 Å². The minimum absolute atomic E-state index is 0.192. The van der Waals surface area contributed by atoms with Crippen molar-refractivity contribution in [3.8, 4) is 11.4 Å². The number of hydrogen-bond acceptors (Lipinski definition) is 4. The van der Waals surface area contributed by atoms with Crippen molar-refractivity contribution in [1.29, 1.82) is 0 Å². The number of imidazole rings is 1. The van der Waals surface area contributed by atoms with Crippen LogP contribution >= 0.6 is 0 Å². The fourth-order valence-corrected chi connectivity index (χ4v) is 4.07. The van der Waals surface area contributed by atoms with E-state index < -0.39 is 0 Å². The maximum atomic E-state index is 13.3. The summed E-state index contributed by atoms with van der Waals surface area (Å²) < 4.78 is 8.96. The molecule has 7 nitrogen and oxygen atoms in total. The number of pyridine rings is 1. The van der Waals surface area contributed by atoms with Crippen LogP contribution in [0.3, 0.4) is 0 Å². The summed E-state index contributed by atoms with van der Waals surface area (Å²) in [6.45, 7) is 4.03. The number of piperidine rings is 1. The average Bonchev–Trinajstić information content (AvgIpc) is 3.27. The van der Waals surface area contributed by atoms with E-state index in [9.17, 15) is 9.59 Å². The molecule has 1 saturated heterocycles. The molecule has 2 aromatic heterocycles. The Morgan fingerprint density at radius 3 is 2.63 bits per heavy atom. The van der Waals surface area contributed by atoms with Gasteiger partial charge in [-0.1, -0.05) is 12.1 Å². The van der Waals surface area contributed by atoms with E-state index in [4.69, 9.17) is 4.74 Å². The second kappa shape index (κ2) is 8.57. The first-order valence-corrected chi connectivity index (χ1v) is 10.2. The van der Waals surface area contributed by atoms with Crippen LogP contribution in [-0.2, 0) is 6.54 Å². The molecule has 4 rings (SSSR count). The third-order valence-corrected chi connectivity index (χ3v) is 5.79. The second-order valence-electron chi connectivity index (χ2n) is 7.72. The van der Waals surface area contributed by atoms with Gasteiger partial charge in [0.05, 0.1) is 19.1 Å². The third-order valence-electron chi connectivity index (χ3n) is 5.79. The van der Waals surface area contributed by atoms with Gasteiger partial charge >= 0.3 is 0 Å². The van der Waals surface area contributed by atoms with Crippen LogP contribution in [0, 0.1) is 12.8 Å². The van der Waals surface area contributed by atoms with Crippen molar-refractivity contribution in [2.75, 3.05) is 20.2 Å². The van der Waals surface area contributed by atoms with E-state index in [1.54, 1.807) is 30.5 Å². The number of aryl methyl sites for hydroxylation is 1. The lowest BCUT2D eigenvalue weighted by Gasteiger charge is -2.32. The number of likely N-dealkylation sites (tertiary alicyclic amines) is 1. The first-order valence-electron chi connectivity index (χ1n) is 10.2. The summed E-state index contributed by atoms with van der Waals surface area (Å²) in [6.07, 6.45) is 9.09. The summed E-state index contributed by atoms with van der Waals surface area (Å²) in [6, 6.07) is 9.12. The van der Waals surface area contributed by atoms with E-state index >= 15 is 0 Å². The molecule has 30 heavy (non-hydrogen) atoms. The third kappa shape index (κ3) is 3.87. The first-order chi connectivity index (χ1) is 14.6. The molecule has 1 aliphatic heterocycles. The van der Waals surface area contributed by atoms with Gasteiger partial charge in [-0.15, -0.1) is 0 Å². The van der Waals surface area contributed by atoms with Gasteiger partial charge < -0.3 is 14.2 Å². The molecule has 1 aromatic carbocycles. The Kier molecular flexibility index (Phi) is 5.70. The predicted molar refractivity (Wildman–Crippen MR) is 114 cm³/mol. The Bertz CT molecular complexity index is 1080. The molecule has 156 valence electrons. The van der Waals surface area contributed by atoms with E-state index in [1.165, 1.54) is 4.57 Å². The fourth-order valence-electron chi connectivity index (χ4n) is 4.07. The van der Waals surface area contributed by atoms with Crippen LogP contribution in [-0.4, -0.2) is 45.1 Å². The Morgan fingerprint density at radius 1 is 1.17 bits per heavy atom. The number of hydrogen-bond donors (Lipinski definition) is 0. The molecule has 3 aromatic rings. The van der Waals surface area contributed by atoms with Crippen LogP contribution in [0.1, 0.15) is 28.8 Å². The van der Waals surface area contributed by atoms with Gasteiger partial charge in [0.2, 0.25) is 0 Å². The van der Waals surface area contributed by atoms with Crippen LogP contribution in [0.15, 0.2) is 60.0 Å². The molecule has 0 spiro atoms. The van der Waals surface area contributed by atoms with E-state index in [0.717, 1.165) is 19.4 Å². The molecule has 7 heteroatoms. The van der Waals surface area contributed by atoms with Crippen molar-refractivity contribution >= 4 is 5.91 Å². The largest absolute Gasteiger partial charge is 0.495 e. The van der Waals surface area contributed by atoms with Crippen molar-refractivity contribution in [1.82, 2.24) is 19.0 Å². The molecule has 0 unspecified atom stereocenters. The van der Waals surface area contributed by atoms with Crippen LogP contribution in [0.5, 0.6) is 5.75 Å². The minimum Gasteiger partial charge on any atom is -0.495 e. The number of nitrogens with zero attached hydrogens (tertiary/aromatic N) is 4. The number of para-hydroxylation sites is 2. The first kappa shape index (κ1) is 19.9. The summed E-state index contributed by atoms with van der Waals surface area (Å²) in [7, 11) is 1.57. The minimum atomic E-state index is -0.315. The topological polar surface area (TPSA) is 69.4 Å². The van der Waals surface area contributed by atoms with Crippen LogP contribution in [0.4, 0.5) is 0 Å². The molecular formula is C23H26N4O3. The molecule has 0 bridgehead atoms. The zero-order valence-corrected chi connectivity index (χ0v) is 17.3. The highest BCUT2D eigenvalue weighted by Crippen LogP contribution is 2.23. The zero-order valence-electron chi connectivity index (χ0n) is 17.3. The van der Waals surface area contributed by atoms with Gasteiger partial charge in [0.1, 0.15) is 11.3 Å². The van der Waals surface area contributed by atoms with Gasteiger partial charge in [0.15, 0.2) is 0 Å². The Hall–Kier alpha value is -3.35. The molecule has 1 fully saturated rings. The molecular weight excluding hydrogens is 380 g/mol. The van der Waals surface area contributed by atoms with Crippen molar-refractivity contribution in [3.05, 3.63) is 76.7 Å². The van der Waals surface area contributed by atoms with Gasteiger partial charge in [-0.25, -0.2) is 4.98 Å². The number of methoxy groups -OCH3 is 1. The van der Waals surface area contributed by atoms with Crippen molar-refractivity contribution in [3.63, 3.8) is 0 Å². The molecule has 0 saturated carbocycles. The smallest absolute Gasteiger partial charge is 0.268 e. The van der Waals surface area contributed by atoms with E-state index in [1.807, 2.05) is 43.7 Å². The lowest BCUT2D eigenvalue weighted by molar-refractivity contribution is 0.0680. The SMILES string of the molecule is COc1ccccc1-n1ccc(C)c(C(=O)N2CCC(Cn3ccnc3)CC2)c1=O. The molecule has 0 atom stereocenters. The number of benzene rings is 1. The van der Waals surface area contributed by atoms with Crippen LogP contribution in [0.2, 0.25) is 0 Å². The monoisotopic (exact) mass is 406 g/mol. The summed E-state index contributed by atoms with van der Waals surface area (Å²) in [5.74, 6) is 0.898. The molecule has 3 heterocycles. The van der Waals surface area contributed by atoms with Gasteiger partial charge in [0.25, 0.3) is 11.5 Å². The summed E-state index contributed by atoms with van der Waals surface area (Å²) in [5, 5.41) is 0. The van der Waals surface area contributed by atoms with Gasteiger partial charge in [-0.3, -0.25) is 14.2 Å². The molecule has 1 amide bonds. The Morgan fingerprint density at radius 2 is 1.93 bits per heavy atom. The fraction of sp³-hybridized carbons (Fsp3) is 0.348. The zero-order chi connectivity index (χ0) is 21.1. The second-order valence-corrected chi connectivity index (χ2v) is 7.72. The standard InChI is InChI=1S/C23H26N4O3/c1-17-7-13-27(19-5-3-4-6-20(19)30-2)23(29)21(17)22(28)26-11-8-18(9-12-26)15-25-14-10-24-16-25/h3-7,10,13-14,16,18H,8-9,11-12,15H2,1-2H3. The van der Waals surface area contributed by atoms with Crippen molar-refractivity contribution < 1.29 is 9.53 Å². The van der Waals surface area contributed by atoms with Gasteiger partial charge in [-0.2, -0.15) is 0 Å². The number of amides is 1. The number of carbonyl (C=O) groups excluding carboxylic acids is 1. The maximum absolute atomic E-state index is 13.3. The number of carbonyl (C=O) groups is 1. The number of aromatic nitrogens is 3. The normalized spacial score (nSPS) is 14.7. The molecule has 0 N–H and O–H groups in total. The highest BCUT2D eigenvalue weighted by Gasteiger charge is 2.27. The predicted octanol–water partition coefficient (Wildman–Crippen LogP) is 2.90. The van der Waals surface area contributed by atoms with Crippen LogP contribution < -0.4 is 10.3 Å². The van der Waals surface area contributed by atoms with Crippen molar-refractivity contribution in [2.24, 2.45) is 5.92 Å². The highest BCUT2D eigenvalue weighted by atomic mass is 16.5. The number of rotatable bonds is 5. The molecule has 1 aliphatic rings. The summed E-state index contributed by atoms with van der Waals surface area (Å²) >= 11 is 0. The van der Waals surface area contributed by atoms with E-state index in [-0.39, 0.29) is 17.0 Å². The lowest BCUT2D eigenvalue weighted by Crippen LogP contribution is -2.42. The number of ether oxygens (including phenoxy) is 1.